The second kappa shape index (κ2) is 7.26. The van der Waals surface area contributed by atoms with Gasteiger partial charge in [0.1, 0.15) is 5.82 Å². The van der Waals surface area contributed by atoms with Gasteiger partial charge in [0, 0.05) is 18.7 Å². The van der Waals surface area contributed by atoms with E-state index >= 15 is 0 Å². The highest BCUT2D eigenvalue weighted by molar-refractivity contribution is 5.58. The van der Waals surface area contributed by atoms with E-state index in [1.54, 1.807) is 18.3 Å². The molecule has 6 heteroatoms. The van der Waals surface area contributed by atoms with Crippen molar-refractivity contribution in [2.75, 3.05) is 18.5 Å². The summed E-state index contributed by atoms with van der Waals surface area (Å²) in [5.74, 6) is 0.217. The van der Waals surface area contributed by atoms with Gasteiger partial charge in [-0.15, -0.1) is 5.10 Å². The molecule has 2 heterocycles. The lowest BCUT2D eigenvalue weighted by Gasteiger charge is -2.22. The Morgan fingerprint density at radius 2 is 2.09 bits per heavy atom. The Bertz CT molecular complexity index is 599. The summed E-state index contributed by atoms with van der Waals surface area (Å²) in [5, 5.41) is 11.1. The molecule has 1 unspecified atom stereocenters. The van der Waals surface area contributed by atoms with Crippen LogP contribution in [0, 0.1) is 5.82 Å². The van der Waals surface area contributed by atoms with Crippen LogP contribution in [0.2, 0.25) is 0 Å². The zero-order valence-corrected chi connectivity index (χ0v) is 12.3. The van der Waals surface area contributed by atoms with Crippen LogP contribution >= 0.6 is 0 Å². The number of rotatable bonds is 5. The van der Waals surface area contributed by atoms with Crippen LogP contribution in [0.1, 0.15) is 25.7 Å². The van der Waals surface area contributed by atoms with Gasteiger partial charge in [0.05, 0.1) is 18.0 Å². The standard InChI is InChI=1S/C16H19FN4O/c17-13-6-4-12(5-7-13)15-11-19-21-16(20-15)18-9-8-14-3-1-2-10-22-14/h4-7,11,14H,1-3,8-10H2,(H,18,20,21). The monoisotopic (exact) mass is 302 g/mol. The van der Waals surface area contributed by atoms with Gasteiger partial charge in [-0.05, 0) is 49.9 Å². The molecule has 0 saturated carbocycles. The molecule has 3 rings (SSSR count). The largest absolute Gasteiger partial charge is 0.378 e. The van der Waals surface area contributed by atoms with E-state index in [0.29, 0.717) is 17.7 Å². The van der Waals surface area contributed by atoms with Crippen molar-refractivity contribution in [1.29, 1.82) is 0 Å². The van der Waals surface area contributed by atoms with Gasteiger partial charge in [-0.3, -0.25) is 0 Å². The first-order chi connectivity index (χ1) is 10.8. The minimum atomic E-state index is -0.267. The molecule has 2 aromatic rings. The summed E-state index contributed by atoms with van der Waals surface area (Å²) in [6, 6.07) is 6.17. The second-order valence-corrected chi connectivity index (χ2v) is 5.38. The third kappa shape index (κ3) is 3.98. The van der Waals surface area contributed by atoms with E-state index in [2.05, 4.69) is 20.5 Å². The SMILES string of the molecule is Fc1ccc(-c2cnnc(NCCC3CCCCO3)n2)cc1. The Morgan fingerprint density at radius 3 is 2.86 bits per heavy atom. The van der Waals surface area contributed by atoms with Crippen LogP contribution in [0.4, 0.5) is 10.3 Å². The molecule has 5 nitrogen and oxygen atoms in total. The van der Waals surface area contributed by atoms with Crippen LogP contribution in [-0.4, -0.2) is 34.4 Å². The number of benzene rings is 1. The van der Waals surface area contributed by atoms with Crippen molar-refractivity contribution >= 4 is 5.95 Å². The summed E-state index contributed by atoms with van der Waals surface area (Å²) < 4.78 is 18.6. The second-order valence-electron chi connectivity index (χ2n) is 5.38. The average Bonchev–Trinajstić information content (AvgIpc) is 2.57. The molecule has 1 aromatic heterocycles. The van der Waals surface area contributed by atoms with Crippen LogP contribution in [0.3, 0.4) is 0 Å². The first kappa shape index (κ1) is 14.8. The van der Waals surface area contributed by atoms with E-state index in [1.807, 2.05) is 0 Å². The lowest BCUT2D eigenvalue weighted by molar-refractivity contribution is 0.0134. The highest BCUT2D eigenvalue weighted by atomic mass is 19.1. The third-order valence-electron chi connectivity index (χ3n) is 3.72. The van der Waals surface area contributed by atoms with Gasteiger partial charge in [-0.25, -0.2) is 9.37 Å². The molecule has 0 radical (unpaired) electrons. The molecule has 0 spiro atoms. The normalized spacial score (nSPS) is 18.1. The number of nitrogens with one attached hydrogen (secondary N) is 1. The Balaban J connectivity index is 1.57. The fourth-order valence-electron chi connectivity index (χ4n) is 2.52. The van der Waals surface area contributed by atoms with Crippen LogP contribution < -0.4 is 5.32 Å². The third-order valence-corrected chi connectivity index (χ3v) is 3.72. The molecule has 1 atom stereocenters. The van der Waals surface area contributed by atoms with Crippen LogP contribution in [-0.2, 0) is 4.74 Å². The molecule has 1 saturated heterocycles. The van der Waals surface area contributed by atoms with Gasteiger partial charge < -0.3 is 10.1 Å². The topological polar surface area (TPSA) is 59.9 Å². The first-order valence-corrected chi connectivity index (χ1v) is 7.62. The lowest BCUT2D eigenvalue weighted by atomic mass is 10.1. The van der Waals surface area contributed by atoms with Crippen molar-refractivity contribution in [1.82, 2.24) is 15.2 Å². The van der Waals surface area contributed by atoms with E-state index in [0.717, 1.165) is 38.0 Å². The number of hydrogen-bond acceptors (Lipinski definition) is 5. The number of ether oxygens (including phenoxy) is 1. The van der Waals surface area contributed by atoms with Crippen LogP contribution in [0.15, 0.2) is 30.5 Å². The van der Waals surface area contributed by atoms with Crippen LogP contribution in [0.5, 0.6) is 0 Å². The van der Waals surface area contributed by atoms with Gasteiger partial charge in [0.25, 0.3) is 0 Å². The molecular formula is C16H19FN4O. The minimum Gasteiger partial charge on any atom is -0.378 e. The predicted octanol–water partition coefficient (Wildman–Crippen LogP) is 3.05. The highest BCUT2D eigenvalue weighted by Gasteiger charge is 2.13. The molecule has 116 valence electrons. The molecule has 0 aliphatic carbocycles. The Kier molecular flexibility index (Phi) is 4.90. The summed E-state index contributed by atoms with van der Waals surface area (Å²) in [7, 11) is 0. The van der Waals surface area contributed by atoms with Gasteiger partial charge in [-0.2, -0.15) is 5.10 Å². The van der Waals surface area contributed by atoms with E-state index in [1.165, 1.54) is 18.6 Å². The van der Waals surface area contributed by atoms with Gasteiger partial charge in [0.2, 0.25) is 5.95 Å². The molecular weight excluding hydrogens is 283 g/mol. The molecule has 1 aliphatic rings. The lowest BCUT2D eigenvalue weighted by Crippen LogP contribution is -2.22. The quantitative estimate of drug-likeness (QED) is 0.920. The number of halogens is 1. The van der Waals surface area contributed by atoms with E-state index in [9.17, 15) is 4.39 Å². The summed E-state index contributed by atoms with van der Waals surface area (Å²) in [6.07, 6.45) is 6.36. The smallest absolute Gasteiger partial charge is 0.243 e. The summed E-state index contributed by atoms with van der Waals surface area (Å²) in [6.45, 7) is 1.61. The maximum Gasteiger partial charge on any atom is 0.243 e. The molecule has 0 amide bonds. The zero-order valence-electron chi connectivity index (χ0n) is 12.3. The molecule has 22 heavy (non-hydrogen) atoms. The molecule has 1 aromatic carbocycles. The van der Waals surface area contributed by atoms with Crippen LogP contribution in [0.25, 0.3) is 11.3 Å². The fourth-order valence-corrected chi connectivity index (χ4v) is 2.52. The Hall–Kier alpha value is -2.08. The maximum absolute atomic E-state index is 13.0. The number of nitrogens with zero attached hydrogens (tertiary/aromatic N) is 3. The number of anilines is 1. The Labute approximate surface area is 128 Å². The summed E-state index contributed by atoms with van der Waals surface area (Å²) in [4.78, 5) is 4.41. The maximum atomic E-state index is 13.0. The average molecular weight is 302 g/mol. The minimum absolute atomic E-state index is 0.267. The van der Waals surface area contributed by atoms with E-state index in [4.69, 9.17) is 4.74 Å². The van der Waals surface area contributed by atoms with Crippen molar-refractivity contribution in [3.8, 4) is 11.3 Å². The first-order valence-electron chi connectivity index (χ1n) is 7.62. The Morgan fingerprint density at radius 1 is 1.23 bits per heavy atom. The summed E-state index contributed by atoms with van der Waals surface area (Å²) >= 11 is 0. The van der Waals surface area contributed by atoms with E-state index in [-0.39, 0.29) is 5.82 Å². The number of hydrogen-bond donors (Lipinski definition) is 1. The molecule has 0 bridgehead atoms. The van der Waals surface area contributed by atoms with Gasteiger partial charge >= 0.3 is 0 Å². The molecule has 1 aliphatic heterocycles. The summed E-state index contributed by atoms with van der Waals surface area (Å²) in [5.41, 5.74) is 1.49. The van der Waals surface area contributed by atoms with Crippen molar-refractivity contribution in [3.05, 3.63) is 36.3 Å². The fraction of sp³-hybridized carbons (Fsp3) is 0.438. The van der Waals surface area contributed by atoms with Crippen molar-refractivity contribution in [3.63, 3.8) is 0 Å². The van der Waals surface area contributed by atoms with Crippen molar-refractivity contribution in [2.24, 2.45) is 0 Å². The van der Waals surface area contributed by atoms with Gasteiger partial charge in [-0.1, -0.05) is 0 Å². The highest BCUT2D eigenvalue weighted by Crippen LogP contribution is 2.18. The van der Waals surface area contributed by atoms with Gasteiger partial charge in [0.15, 0.2) is 0 Å². The number of aromatic nitrogens is 3. The van der Waals surface area contributed by atoms with E-state index < -0.39 is 0 Å². The zero-order chi connectivity index (χ0) is 15.2. The molecule has 1 fully saturated rings. The van der Waals surface area contributed by atoms with Crippen molar-refractivity contribution in [2.45, 2.75) is 31.8 Å². The molecule has 1 N–H and O–H groups in total. The van der Waals surface area contributed by atoms with Crippen molar-refractivity contribution < 1.29 is 9.13 Å². The predicted molar refractivity (Wildman–Crippen MR) is 81.9 cm³/mol.